The zero-order chi connectivity index (χ0) is 19.5. The van der Waals surface area contributed by atoms with Crippen LogP contribution in [-0.2, 0) is 16.0 Å². The zero-order valence-electron chi connectivity index (χ0n) is 16.1. The smallest absolute Gasteiger partial charge is 0.248 e. The average molecular weight is 375 g/mol. The van der Waals surface area contributed by atoms with Crippen LogP contribution in [0.5, 0.6) is 0 Å². The minimum absolute atomic E-state index is 0.139. The number of carbonyl (C=O) groups excluding carboxylic acids is 2. The molecular formula is C23H25N3O2. The van der Waals surface area contributed by atoms with Crippen molar-refractivity contribution in [1.82, 2.24) is 4.90 Å². The van der Waals surface area contributed by atoms with Gasteiger partial charge in [0, 0.05) is 37.0 Å². The molecule has 4 rings (SSSR count). The van der Waals surface area contributed by atoms with Crippen molar-refractivity contribution in [2.24, 2.45) is 0 Å². The fourth-order valence-electron chi connectivity index (χ4n) is 4.22. The molecule has 1 saturated heterocycles. The van der Waals surface area contributed by atoms with Gasteiger partial charge in [0.15, 0.2) is 0 Å². The van der Waals surface area contributed by atoms with Crippen molar-refractivity contribution >= 4 is 29.3 Å². The number of fused-ring (bicyclic) bond motifs is 3. The summed E-state index contributed by atoms with van der Waals surface area (Å²) in [5.41, 5.74) is 5.08. The van der Waals surface area contributed by atoms with Crippen molar-refractivity contribution < 1.29 is 9.59 Å². The van der Waals surface area contributed by atoms with E-state index in [9.17, 15) is 9.59 Å². The van der Waals surface area contributed by atoms with Gasteiger partial charge in [-0.3, -0.25) is 14.5 Å². The lowest BCUT2D eigenvalue weighted by atomic mass is 9.92. The van der Waals surface area contributed by atoms with Gasteiger partial charge in [-0.25, -0.2) is 0 Å². The minimum atomic E-state index is -0.184. The van der Waals surface area contributed by atoms with Crippen molar-refractivity contribution in [3.8, 4) is 0 Å². The predicted molar refractivity (Wildman–Crippen MR) is 112 cm³/mol. The topological polar surface area (TPSA) is 61.4 Å². The lowest BCUT2D eigenvalue weighted by Crippen LogP contribution is -2.30. The molecule has 2 heterocycles. The number of nitrogens with one attached hydrogen (secondary N) is 2. The van der Waals surface area contributed by atoms with Gasteiger partial charge in [-0.2, -0.15) is 0 Å². The number of benzene rings is 2. The summed E-state index contributed by atoms with van der Waals surface area (Å²) in [5.74, 6) is -0.322. The van der Waals surface area contributed by atoms with Crippen LogP contribution in [0.25, 0.3) is 6.08 Å². The summed E-state index contributed by atoms with van der Waals surface area (Å²) in [4.78, 5) is 26.3. The number of carbonyl (C=O) groups is 2. The third-order valence-electron chi connectivity index (χ3n) is 5.49. The summed E-state index contributed by atoms with van der Waals surface area (Å²) < 4.78 is 0. The van der Waals surface area contributed by atoms with Gasteiger partial charge in [0.25, 0.3) is 0 Å². The normalized spacial score (nSPS) is 18.5. The van der Waals surface area contributed by atoms with Crippen LogP contribution in [-0.4, -0.2) is 29.8 Å². The molecule has 0 bridgehead atoms. The van der Waals surface area contributed by atoms with Crippen LogP contribution in [0.15, 0.2) is 48.5 Å². The number of rotatable bonds is 4. The van der Waals surface area contributed by atoms with Crippen LogP contribution >= 0.6 is 0 Å². The Morgan fingerprint density at radius 3 is 2.82 bits per heavy atom. The number of amides is 2. The number of hydrogen-bond donors (Lipinski definition) is 2. The van der Waals surface area contributed by atoms with Gasteiger partial charge in [-0.15, -0.1) is 0 Å². The summed E-state index contributed by atoms with van der Waals surface area (Å²) in [7, 11) is 0. The highest BCUT2D eigenvalue weighted by Gasteiger charge is 2.31. The van der Waals surface area contributed by atoms with E-state index in [2.05, 4.69) is 27.7 Å². The van der Waals surface area contributed by atoms with Crippen molar-refractivity contribution in [2.75, 3.05) is 23.7 Å². The fourth-order valence-corrected chi connectivity index (χ4v) is 4.22. The van der Waals surface area contributed by atoms with Gasteiger partial charge in [0.2, 0.25) is 11.8 Å². The highest BCUT2D eigenvalue weighted by molar-refractivity contribution is 6.03. The first kappa shape index (κ1) is 18.4. The Morgan fingerprint density at radius 2 is 1.96 bits per heavy atom. The Balaban J connectivity index is 1.47. The quantitative estimate of drug-likeness (QED) is 0.795. The van der Waals surface area contributed by atoms with E-state index in [0.29, 0.717) is 11.7 Å². The zero-order valence-corrected chi connectivity index (χ0v) is 16.1. The summed E-state index contributed by atoms with van der Waals surface area (Å²) in [6.07, 6.45) is 6.75. The van der Waals surface area contributed by atoms with Crippen molar-refractivity contribution in [1.29, 1.82) is 0 Å². The number of para-hydroxylation sites is 1. The molecule has 1 fully saturated rings. The average Bonchev–Trinajstić information content (AvgIpc) is 3.16. The van der Waals surface area contributed by atoms with E-state index < -0.39 is 0 Å². The van der Waals surface area contributed by atoms with E-state index >= 15 is 0 Å². The summed E-state index contributed by atoms with van der Waals surface area (Å²) in [5, 5.41) is 5.75. The number of anilines is 2. The maximum Gasteiger partial charge on any atom is 0.248 e. The molecule has 2 aromatic carbocycles. The second kappa shape index (κ2) is 7.98. The molecule has 5 heteroatoms. The van der Waals surface area contributed by atoms with Gasteiger partial charge in [-0.05, 0) is 66.8 Å². The monoisotopic (exact) mass is 375 g/mol. The van der Waals surface area contributed by atoms with Gasteiger partial charge >= 0.3 is 0 Å². The Labute approximate surface area is 165 Å². The minimum Gasteiger partial charge on any atom is -0.326 e. The lowest BCUT2D eigenvalue weighted by Gasteiger charge is -2.32. The Kier molecular flexibility index (Phi) is 5.26. The summed E-state index contributed by atoms with van der Waals surface area (Å²) in [6.45, 7) is 3.78. The van der Waals surface area contributed by atoms with Crippen LogP contribution < -0.4 is 10.6 Å². The van der Waals surface area contributed by atoms with Gasteiger partial charge < -0.3 is 10.6 Å². The van der Waals surface area contributed by atoms with E-state index in [4.69, 9.17) is 0 Å². The summed E-state index contributed by atoms with van der Waals surface area (Å²) >= 11 is 0. The van der Waals surface area contributed by atoms with Crippen LogP contribution in [0.4, 0.5) is 11.4 Å². The highest BCUT2D eigenvalue weighted by Crippen LogP contribution is 2.38. The Morgan fingerprint density at radius 1 is 1.11 bits per heavy atom. The standard InChI is InChI=1S/C23H25N3O2/c1-16(27)24-21-6-3-2-5-18(21)9-11-23(28)25-19-10-8-17-12-14-26-13-4-7-22(26)20(17)15-19/h2-3,5-6,8-11,15,22H,4,7,12-14H2,1H3,(H,24,27)(H,25,28). The molecule has 2 aromatic rings. The lowest BCUT2D eigenvalue weighted by molar-refractivity contribution is -0.114. The molecule has 1 atom stereocenters. The van der Waals surface area contributed by atoms with E-state index in [1.165, 1.54) is 43.5 Å². The van der Waals surface area contributed by atoms with Crippen LogP contribution in [0, 0.1) is 0 Å². The van der Waals surface area contributed by atoms with Crippen molar-refractivity contribution in [2.45, 2.75) is 32.2 Å². The van der Waals surface area contributed by atoms with Crippen LogP contribution in [0.1, 0.15) is 42.5 Å². The molecule has 28 heavy (non-hydrogen) atoms. The SMILES string of the molecule is CC(=O)Nc1ccccc1C=CC(=O)Nc1ccc2c(c1)C1CCCN1CC2. The molecule has 2 N–H and O–H groups in total. The van der Waals surface area contributed by atoms with Crippen molar-refractivity contribution in [3.05, 3.63) is 65.2 Å². The largest absolute Gasteiger partial charge is 0.326 e. The molecule has 5 nitrogen and oxygen atoms in total. The van der Waals surface area contributed by atoms with Gasteiger partial charge in [0.1, 0.15) is 0 Å². The number of hydrogen-bond acceptors (Lipinski definition) is 3. The molecule has 0 radical (unpaired) electrons. The Bertz CT molecular complexity index is 935. The summed E-state index contributed by atoms with van der Waals surface area (Å²) in [6, 6.07) is 14.2. The van der Waals surface area contributed by atoms with E-state index in [1.807, 2.05) is 30.3 Å². The molecule has 0 spiro atoms. The highest BCUT2D eigenvalue weighted by atomic mass is 16.2. The molecule has 2 aliphatic rings. The first-order valence-corrected chi connectivity index (χ1v) is 9.83. The van der Waals surface area contributed by atoms with Gasteiger partial charge in [-0.1, -0.05) is 24.3 Å². The molecule has 0 saturated carbocycles. The van der Waals surface area contributed by atoms with Crippen LogP contribution in [0.3, 0.4) is 0 Å². The van der Waals surface area contributed by atoms with E-state index in [0.717, 1.165) is 24.2 Å². The third kappa shape index (κ3) is 3.99. The molecule has 0 aliphatic carbocycles. The molecule has 2 amide bonds. The third-order valence-corrected chi connectivity index (χ3v) is 5.49. The Hall–Kier alpha value is -2.92. The van der Waals surface area contributed by atoms with Crippen molar-refractivity contribution in [3.63, 3.8) is 0 Å². The van der Waals surface area contributed by atoms with E-state index in [-0.39, 0.29) is 11.8 Å². The maximum absolute atomic E-state index is 12.4. The first-order chi connectivity index (χ1) is 13.6. The second-order valence-corrected chi connectivity index (χ2v) is 7.45. The molecule has 144 valence electrons. The molecule has 2 aliphatic heterocycles. The van der Waals surface area contributed by atoms with Gasteiger partial charge in [0.05, 0.1) is 0 Å². The number of nitrogens with zero attached hydrogens (tertiary/aromatic N) is 1. The molecule has 1 unspecified atom stereocenters. The van der Waals surface area contributed by atoms with E-state index in [1.54, 1.807) is 6.08 Å². The van der Waals surface area contributed by atoms with Crippen LogP contribution in [0.2, 0.25) is 0 Å². The maximum atomic E-state index is 12.4. The molecule has 0 aromatic heterocycles. The molecular weight excluding hydrogens is 350 g/mol. The predicted octanol–water partition coefficient (Wildman–Crippen LogP) is 3.99. The first-order valence-electron chi connectivity index (χ1n) is 9.83. The second-order valence-electron chi connectivity index (χ2n) is 7.45. The fraction of sp³-hybridized carbons (Fsp3) is 0.304.